The number of hydrogen-bond acceptors (Lipinski definition) is 4. The summed E-state index contributed by atoms with van der Waals surface area (Å²) < 4.78 is 3.77. The summed E-state index contributed by atoms with van der Waals surface area (Å²) in [5.41, 5.74) is 7.61. The lowest BCUT2D eigenvalue weighted by atomic mass is 10.2. The fourth-order valence-electron chi connectivity index (χ4n) is 2.29. The molecular formula is C12H13ClN6. The molecule has 2 aromatic heterocycles. The number of nitrogen functional groups attached to an aromatic ring is 1. The van der Waals surface area contributed by atoms with Crippen molar-refractivity contribution in [3.8, 4) is 0 Å². The van der Waals surface area contributed by atoms with Crippen LogP contribution in [0, 0.1) is 0 Å². The van der Waals surface area contributed by atoms with E-state index in [-0.39, 0.29) is 6.04 Å². The molecule has 2 N–H and O–H groups in total. The van der Waals surface area contributed by atoms with Gasteiger partial charge >= 0.3 is 0 Å². The van der Waals surface area contributed by atoms with E-state index >= 15 is 0 Å². The number of rotatable bonds is 2. The number of nitrogens with zero attached hydrogens (tertiary/aromatic N) is 5. The topological polar surface area (TPSA) is 74.5 Å². The van der Waals surface area contributed by atoms with Gasteiger partial charge in [0.2, 0.25) is 5.95 Å². The maximum Gasteiger partial charge on any atom is 0.201 e. The fourth-order valence-corrected chi connectivity index (χ4v) is 2.51. The van der Waals surface area contributed by atoms with Crippen LogP contribution in [0.4, 0.5) is 5.95 Å². The molecule has 0 spiro atoms. The van der Waals surface area contributed by atoms with Gasteiger partial charge in [0.25, 0.3) is 0 Å². The van der Waals surface area contributed by atoms with E-state index in [1.807, 2.05) is 35.2 Å². The highest BCUT2D eigenvalue weighted by Gasteiger charge is 2.20. The average Bonchev–Trinajstić information content (AvgIpc) is 2.93. The van der Waals surface area contributed by atoms with Gasteiger partial charge in [-0.3, -0.25) is 4.57 Å². The quantitative estimate of drug-likeness (QED) is 0.777. The van der Waals surface area contributed by atoms with Gasteiger partial charge in [0.05, 0.1) is 16.6 Å². The number of fused-ring (bicyclic) bond motifs is 1. The maximum absolute atomic E-state index is 6.14. The van der Waals surface area contributed by atoms with Crippen molar-refractivity contribution in [1.82, 2.24) is 24.3 Å². The largest absolute Gasteiger partial charge is 0.369 e. The van der Waals surface area contributed by atoms with Crippen molar-refractivity contribution >= 4 is 28.6 Å². The molecule has 0 fully saturated rings. The summed E-state index contributed by atoms with van der Waals surface area (Å²) in [6.07, 6.45) is 1.66. The predicted octanol–water partition coefficient (Wildman–Crippen LogP) is 2.01. The first kappa shape index (κ1) is 12.0. The first-order valence-corrected chi connectivity index (χ1v) is 6.23. The number of halogens is 1. The highest BCUT2D eigenvalue weighted by molar-refractivity contribution is 6.35. The van der Waals surface area contributed by atoms with Crippen LogP contribution in [0.15, 0.2) is 24.5 Å². The molecule has 1 unspecified atom stereocenters. The summed E-state index contributed by atoms with van der Waals surface area (Å²) >= 11 is 6.14. The second-order valence-electron chi connectivity index (χ2n) is 4.42. The van der Waals surface area contributed by atoms with Crippen LogP contribution in [-0.2, 0) is 7.05 Å². The van der Waals surface area contributed by atoms with Gasteiger partial charge in [-0.05, 0) is 19.1 Å². The van der Waals surface area contributed by atoms with Gasteiger partial charge < -0.3 is 10.3 Å². The molecule has 0 amide bonds. The number of aromatic nitrogens is 5. The van der Waals surface area contributed by atoms with E-state index in [2.05, 4.69) is 15.2 Å². The lowest BCUT2D eigenvalue weighted by molar-refractivity contribution is 0.594. The summed E-state index contributed by atoms with van der Waals surface area (Å²) in [5.74, 6) is 1.23. The number of aryl methyl sites for hydroxylation is 1. The molecule has 2 heterocycles. The highest BCUT2D eigenvalue weighted by atomic mass is 35.5. The number of anilines is 1. The Balaban J connectivity index is 2.23. The fraction of sp³-hybridized carbons (Fsp3) is 0.250. The molecule has 6 nitrogen and oxygen atoms in total. The number of hydrogen-bond donors (Lipinski definition) is 1. The molecule has 0 saturated carbocycles. The van der Waals surface area contributed by atoms with Crippen molar-refractivity contribution in [2.75, 3.05) is 5.73 Å². The van der Waals surface area contributed by atoms with Crippen LogP contribution in [0.2, 0.25) is 5.02 Å². The summed E-state index contributed by atoms with van der Waals surface area (Å²) in [7, 11) is 1.90. The standard InChI is InChI=1S/C12H13ClN6/c1-7(11-17-15-6-18(11)2)19-9-5-3-4-8(13)10(9)16-12(19)14/h3-7H,1-2H3,(H2,14,16). The Hall–Kier alpha value is -2.08. The number of nitrogens with two attached hydrogens (primary N) is 1. The second kappa shape index (κ2) is 4.24. The Morgan fingerprint density at radius 1 is 1.37 bits per heavy atom. The molecule has 1 aromatic carbocycles. The number of imidazole rings is 1. The summed E-state index contributed by atoms with van der Waals surface area (Å²) in [6, 6.07) is 5.55. The third kappa shape index (κ3) is 1.76. The SMILES string of the molecule is CC(c1nncn1C)n1c(N)nc2c(Cl)cccc21. The van der Waals surface area contributed by atoms with Crippen LogP contribution in [0.1, 0.15) is 18.8 Å². The average molecular weight is 277 g/mol. The lowest BCUT2D eigenvalue weighted by Crippen LogP contribution is -2.14. The zero-order valence-electron chi connectivity index (χ0n) is 10.6. The predicted molar refractivity (Wildman–Crippen MR) is 74.0 cm³/mol. The Morgan fingerprint density at radius 3 is 2.84 bits per heavy atom. The minimum atomic E-state index is -0.0732. The van der Waals surface area contributed by atoms with Crippen molar-refractivity contribution in [2.24, 2.45) is 7.05 Å². The van der Waals surface area contributed by atoms with Gasteiger partial charge in [0.15, 0.2) is 5.82 Å². The Bertz CT molecular complexity index is 744. The van der Waals surface area contributed by atoms with Gasteiger partial charge in [-0.1, -0.05) is 17.7 Å². The van der Waals surface area contributed by atoms with Crippen molar-refractivity contribution in [1.29, 1.82) is 0 Å². The highest BCUT2D eigenvalue weighted by Crippen LogP contribution is 2.29. The van der Waals surface area contributed by atoms with Gasteiger partial charge in [-0.25, -0.2) is 4.98 Å². The van der Waals surface area contributed by atoms with Gasteiger partial charge in [0, 0.05) is 7.05 Å². The molecule has 0 aliphatic carbocycles. The molecule has 3 aromatic rings. The van der Waals surface area contributed by atoms with E-state index in [9.17, 15) is 0 Å². The normalized spacial score (nSPS) is 13.0. The molecular weight excluding hydrogens is 264 g/mol. The monoisotopic (exact) mass is 276 g/mol. The number of benzene rings is 1. The van der Waals surface area contributed by atoms with Crippen LogP contribution < -0.4 is 5.73 Å². The van der Waals surface area contributed by atoms with E-state index in [0.717, 1.165) is 11.3 Å². The zero-order chi connectivity index (χ0) is 13.6. The van der Waals surface area contributed by atoms with Crippen LogP contribution in [0.3, 0.4) is 0 Å². The number of para-hydroxylation sites is 1. The molecule has 0 radical (unpaired) electrons. The van der Waals surface area contributed by atoms with Crippen molar-refractivity contribution in [3.05, 3.63) is 35.4 Å². The summed E-state index contributed by atoms with van der Waals surface area (Å²) in [5, 5.41) is 8.60. The minimum absolute atomic E-state index is 0.0732. The van der Waals surface area contributed by atoms with Gasteiger partial charge in [-0.2, -0.15) is 0 Å². The Labute approximate surface area is 114 Å². The van der Waals surface area contributed by atoms with Crippen LogP contribution >= 0.6 is 11.6 Å². The van der Waals surface area contributed by atoms with Crippen LogP contribution in [0.5, 0.6) is 0 Å². The molecule has 1 atom stereocenters. The van der Waals surface area contributed by atoms with Crippen LogP contribution in [-0.4, -0.2) is 24.3 Å². The maximum atomic E-state index is 6.14. The molecule has 98 valence electrons. The molecule has 0 bridgehead atoms. The van der Waals surface area contributed by atoms with Crippen LogP contribution in [0.25, 0.3) is 11.0 Å². The molecule has 19 heavy (non-hydrogen) atoms. The third-order valence-corrected chi connectivity index (χ3v) is 3.51. The Kier molecular flexibility index (Phi) is 2.67. The van der Waals surface area contributed by atoms with E-state index in [0.29, 0.717) is 16.5 Å². The van der Waals surface area contributed by atoms with Gasteiger partial charge in [0.1, 0.15) is 11.8 Å². The summed E-state index contributed by atoms with van der Waals surface area (Å²) in [6.45, 7) is 2.00. The van der Waals surface area contributed by atoms with Crippen molar-refractivity contribution in [2.45, 2.75) is 13.0 Å². The minimum Gasteiger partial charge on any atom is -0.369 e. The van der Waals surface area contributed by atoms with Crippen molar-refractivity contribution in [3.63, 3.8) is 0 Å². The summed E-state index contributed by atoms with van der Waals surface area (Å²) in [4.78, 5) is 4.32. The molecule has 7 heteroatoms. The zero-order valence-corrected chi connectivity index (χ0v) is 11.3. The Morgan fingerprint density at radius 2 is 2.16 bits per heavy atom. The van der Waals surface area contributed by atoms with E-state index in [4.69, 9.17) is 17.3 Å². The first-order valence-electron chi connectivity index (χ1n) is 5.85. The molecule has 0 saturated heterocycles. The molecule has 0 aliphatic heterocycles. The lowest BCUT2D eigenvalue weighted by Gasteiger charge is -2.14. The first-order chi connectivity index (χ1) is 9.09. The second-order valence-corrected chi connectivity index (χ2v) is 4.83. The third-order valence-electron chi connectivity index (χ3n) is 3.21. The smallest absolute Gasteiger partial charge is 0.201 e. The van der Waals surface area contributed by atoms with Crippen molar-refractivity contribution < 1.29 is 0 Å². The molecule has 3 rings (SSSR count). The van der Waals surface area contributed by atoms with E-state index in [1.165, 1.54) is 0 Å². The van der Waals surface area contributed by atoms with Gasteiger partial charge in [-0.15, -0.1) is 10.2 Å². The van der Waals surface area contributed by atoms with E-state index < -0.39 is 0 Å². The molecule has 0 aliphatic rings. The van der Waals surface area contributed by atoms with E-state index in [1.54, 1.807) is 12.4 Å².